The molecule has 0 unspecified atom stereocenters. The van der Waals surface area contributed by atoms with E-state index in [1.807, 2.05) is 72.6 Å². The summed E-state index contributed by atoms with van der Waals surface area (Å²) in [5, 5.41) is 0. The molecule has 0 atom stereocenters. The molecular formula is C20H25N7O. The van der Waals surface area contributed by atoms with Crippen LogP contribution in [0.3, 0.4) is 0 Å². The molecule has 0 aliphatic carbocycles. The van der Waals surface area contributed by atoms with E-state index in [1.165, 1.54) is 0 Å². The highest BCUT2D eigenvalue weighted by Crippen LogP contribution is 2.21. The first-order valence-corrected chi connectivity index (χ1v) is 9.45. The van der Waals surface area contributed by atoms with Crippen molar-refractivity contribution in [2.75, 3.05) is 50.1 Å². The van der Waals surface area contributed by atoms with Gasteiger partial charge in [-0.3, -0.25) is 9.20 Å². The summed E-state index contributed by atoms with van der Waals surface area (Å²) in [5.41, 5.74) is 2.21. The first-order valence-electron chi connectivity index (χ1n) is 9.45. The fourth-order valence-electron chi connectivity index (χ4n) is 3.59. The second kappa shape index (κ2) is 7.10. The molecule has 0 aromatic carbocycles. The van der Waals surface area contributed by atoms with Crippen LogP contribution in [0.15, 0.2) is 30.5 Å². The van der Waals surface area contributed by atoms with Crippen molar-refractivity contribution in [1.82, 2.24) is 24.3 Å². The van der Waals surface area contributed by atoms with Crippen LogP contribution in [-0.2, 0) is 0 Å². The molecule has 0 saturated carbocycles. The molecule has 3 aromatic rings. The highest BCUT2D eigenvalue weighted by atomic mass is 16.2. The Morgan fingerprint density at radius 1 is 1.04 bits per heavy atom. The van der Waals surface area contributed by atoms with Crippen LogP contribution >= 0.6 is 0 Å². The number of imidazole rings is 1. The van der Waals surface area contributed by atoms with E-state index >= 15 is 0 Å². The van der Waals surface area contributed by atoms with Gasteiger partial charge in [0.05, 0.1) is 5.69 Å². The number of pyridine rings is 1. The van der Waals surface area contributed by atoms with Gasteiger partial charge in [-0.2, -0.15) is 0 Å². The molecular weight excluding hydrogens is 354 g/mol. The minimum atomic E-state index is 0.0312. The van der Waals surface area contributed by atoms with E-state index in [9.17, 15) is 4.79 Å². The normalized spacial score (nSPS) is 14.6. The van der Waals surface area contributed by atoms with Crippen molar-refractivity contribution in [1.29, 1.82) is 0 Å². The first kappa shape index (κ1) is 18.2. The van der Waals surface area contributed by atoms with Gasteiger partial charge in [-0.05, 0) is 26.0 Å². The Bertz CT molecular complexity index is 1020. The summed E-state index contributed by atoms with van der Waals surface area (Å²) in [5.74, 6) is 2.58. The minimum absolute atomic E-state index is 0.0312. The predicted molar refractivity (Wildman–Crippen MR) is 109 cm³/mol. The molecule has 1 saturated heterocycles. The van der Waals surface area contributed by atoms with Crippen LogP contribution in [-0.4, -0.2) is 70.4 Å². The fraction of sp³-hybridized carbons (Fsp3) is 0.400. The molecule has 3 aromatic heterocycles. The van der Waals surface area contributed by atoms with Crippen LogP contribution in [0.2, 0.25) is 0 Å². The van der Waals surface area contributed by atoms with E-state index in [0.29, 0.717) is 18.8 Å². The maximum atomic E-state index is 13.2. The van der Waals surface area contributed by atoms with E-state index in [4.69, 9.17) is 0 Å². The zero-order valence-corrected chi connectivity index (χ0v) is 16.8. The highest BCUT2D eigenvalue weighted by Gasteiger charge is 2.27. The van der Waals surface area contributed by atoms with Gasteiger partial charge < -0.3 is 14.7 Å². The maximum Gasteiger partial charge on any atom is 0.272 e. The number of carbonyl (C=O) groups excluding carboxylic acids is 1. The van der Waals surface area contributed by atoms with Crippen LogP contribution in [0, 0.1) is 13.8 Å². The maximum absolute atomic E-state index is 13.2. The number of anilines is 2. The monoisotopic (exact) mass is 379 g/mol. The molecule has 0 radical (unpaired) electrons. The quantitative estimate of drug-likeness (QED) is 0.691. The van der Waals surface area contributed by atoms with E-state index in [-0.39, 0.29) is 5.91 Å². The van der Waals surface area contributed by atoms with Crippen LogP contribution < -0.4 is 9.80 Å². The average Bonchev–Trinajstić information content (AvgIpc) is 3.02. The Morgan fingerprint density at radius 3 is 2.50 bits per heavy atom. The van der Waals surface area contributed by atoms with Crippen molar-refractivity contribution >= 4 is 23.2 Å². The number of hydrogen-bond acceptors (Lipinski definition) is 6. The highest BCUT2D eigenvalue weighted by molar-refractivity contribution is 5.94. The van der Waals surface area contributed by atoms with Crippen LogP contribution in [0.1, 0.15) is 22.0 Å². The van der Waals surface area contributed by atoms with Crippen LogP contribution in [0.25, 0.3) is 5.65 Å². The van der Waals surface area contributed by atoms with E-state index in [0.717, 1.165) is 41.9 Å². The van der Waals surface area contributed by atoms with E-state index in [1.54, 1.807) is 0 Å². The molecule has 28 heavy (non-hydrogen) atoms. The Morgan fingerprint density at radius 2 is 1.79 bits per heavy atom. The van der Waals surface area contributed by atoms with Gasteiger partial charge in [-0.25, -0.2) is 15.0 Å². The largest absolute Gasteiger partial charge is 0.363 e. The van der Waals surface area contributed by atoms with Crippen molar-refractivity contribution in [3.05, 3.63) is 47.7 Å². The molecule has 1 aliphatic heterocycles. The summed E-state index contributed by atoms with van der Waals surface area (Å²) in [4.78, 5) is 32.8. The van der Waals surface area contributed by atoms with Gasteiger partial charge in [0.15, 0.2) is 0 Å². The summed E-state index contributed by atoms with van der Waals surface area (Å²) in [7, 11) is 3.95. The fourth-order valence-corrected chi connectivity index (χ4v) is 3.59. The lowest BCUT2D eigenvalue weighted by atomic mass is 10.2. The number of amides is 1. The van der Waals surface area contributed by atoms with Crippen molar-refractivity contribution < 1.29 is 4.79 Å². The number of aromatic nitrogens is 4. The molecule has 8 heteroatoms. The summed E-state index contributed by atoms with van der Waals surface area (Å²) in [6, 6.07) is 7.77. The van der Waals surface area contributed by atoms with Crippen LogP contribution in [0.5, 0.6) is 0 Å². The minimum Gasteiger partial charge on any atom is -0.363 e. The zero-order valence-electron chi connectivity index (χ0n) is 16.8. The molecule has 4 rings (SSSR count). The lowest BCUT2D eigenvalue weighted by molar-refractivity contribution is 0.0738. The number of piperazine rings is 1. The molecule has 8 nitrogen and oxygen atoms in total. The third-order valence-electron chi connectivity index (χ3n) is 5.07. The molecule has 1 aliphatic rings. The van der Waals surface area contributed by atoms with Crippen molar-refractivity contribution in [2.24, 2.45) is 0 Å². The van der Waals surface area contributed by atoms with Crippen molar-refractivity contribution in [3.63, 3.8) is 0 Å². The predicted octanol–water partition coefficient (Wildman–Crippen LogP) is 1.77. The van der Waals surface area contributed by atoms with E-state index < -0.39 is 0 Å². The Labute approximate surface area is 164 Å². The number of carbonyl (C=O) groups is 1. The number of aryl methyl sites for hydroxylation is 2. The second-order valence-corrected chi connectivity index (χ2v) is 7.28. The van der Waals surface area contributed by atoms with Gasteiger partial charge in [0, 0.05) is 52.5 Å². The number of rotatable bonds is 3. The molecule has 1 fully saturated rings. The smallest absolute Gasteiger partial charge is 0.272 e. The van der Waals surface area contributed by atoms with Gasteiger partial charge >= 0.3 is 0 Å². The Balaban J connectivity index is 1.51. The van der Waals surface area contributed by atoms with Gasteiger partial charge in [0.1, 0.15) is 28.8 Å². The summed E-state index contributed by atoms with van der Waals surface area (Å²) in [6.45, 7) is 6.58. The summed E-state index contributed by atoms with van der Waals surface area (Å²) >= 11 is 0. The van der Waals surface area contributed by atoms with Crippen molar-refractivity contribution in [3.8, 4) is 0 Å². The lowest BCUT2D eigenvalue weighted by Gasteiger charge is -2.35. The number of hydrogen-bond donors (Lipinski definition) is 0. The first-order chi connectivity index (χ1) is 13.4. The van der Waals surface area contributed by atoms with Gasteiger partial charge in [0.2, 0.25) is 0 Å². The summed E-state index contributed by atoms with van der Waals surface area (Å²) in [6.07, 6.45) is 1.89. The van der Waals surface area contributed by atoms with E-state index in [2.05, 4.69) is 19.9 Å². The standard InChI is InChI=1S/C20H25N7O/c1-14-19(27-8-6-5-7-16(27)21-14)20(28)26-11-9-25(10-12-26)18-13-17(24(3)4)22-15(2)23-18/h5-8,13H,9-12H2,1-4H3. The summed E-state index contributed by atoms with van der Waals surface area (Å²) < 4.78 is 1.88. The molecule has 4 heterocycles. The van der Waals surface area contributed by atoms with Crippen molar-refractivity contribution in [2.45, 2.75) is 13.8 Å². The number of fused-ring (bicyclic) bond motifs is 1. The molecule has 1 amide bonds. The topological polar surface area (TPSA) is 69.9 Å². The number of nitrogens with zero attached hydrogens (tertiary/aromatic N) is 7. The van der Waals surface area contributed by atoms with Gasteiger partial charge in [-0.15, -0.1) is 0 Å². The van der Waals surface area contributed by atoms with Gasteiger partial charge in [-0.1, -0.05) is 6.07 Å². The zero-order chi connectivity index (χ0) is 19.8. The molecule has 0 spiro atoms. The SMILES string of the molecule is Cc1nc(N(C)C)cc(N2CCN(C(=O)c3c(C)nc4ccccn34)CC2)n1. The molecule has 146 valence electrons. The third kappa shape index (κ3) is 3.26. The average molecular weight is 379 g/mol. The molecule has 0 N–H and O–H groups in total. The third-order valence-corrected chi connectivity index (χ3v) is 5.07. The second-order valence-electron chi connectivity index (χ2n) is 7.28. The van der Waals surface area contributed by atoms with Gasteiger partial charge in [0.25, 0.3) is 5.91 Å². The molecule has 0 bridgehead atoms. The Kier molecular flexibility index (Phi) is 4.62. The lowest BCUT2D eigenvalue weighted by Crippen LogP contribution is -2.49. The Hall–Kier alpha value is -3.16. The van der Waals surface area contributed by atoms with Crippen LogP contribution in [0.4, 0.5) is 11.6 Å².